The molecule has 3 heteroatoms. The van der Waals surface area contributed by atoms with Gasteiger partial charge in [0.1, 0.15) is 0 Å². The van der Waals surface area contributed by atoms with Gasteiger partial charge in [0.05, 0.1) is 6.10 Å². The molecule has 90 valence electrons. The fraction of sp³-hybridized carbons (Fsp3) is 0.692. The SMILES string of the molecule is COC1CCCCC1NCCc1cccs1. The number of thiophene rings is 1. The highest BCUT2D eigenvalue weighted by Gasteiger charge is 2.23. The zero-order chi connectivity index (χ0) is 11.2. The topological polar surface area (TPSA) is 21.3 Å². The van der Waals surface area contributed by atoms with Crippen molar-refractivity contribution in [2.45, 2.75) is 44.2 Å². The van der Waals surface area contributed by atoms with Gasteiger partial charge in [-0.2, -0.15) is 0 Å². The van der Waals surface area contributed by atoms with E-state index in [9.17, 15) is 0 Å². The van der Waals surface area contributed by atoms with Crippen molar-refractivity contribution >= 4 is 11.3 Å². The minimum Gasteiger partial charge on any atom is -0.380 e. The minimum atomic E-state index is 0.428. The Kier molecular flexibility index (Phi) is 4.82. The van der Waals surface area contributed by atoms with E-state index >= 15 is 0 Å². The second-order valence-corrected chi connectivity index (χ2v) is 5.48. The van der Waals surface area contributed by atoms with Gasteiger partial charge in [-0.3, -0.25) is 0 Å². The third-order valence-corrected chi connectivity index (χ3v) is 4.30. The highest BCUT2D eigenvalue weighted by molar-refractivity contribution is 7.09. The molecule has 0 aromatic carbocycles. The van der Waals surface area contributed by atoms with E-state index in [-0.39, 0.29) is 0 Å². The molecular weight excluding hydrogens is 218 g/mol. The number of hydrogen-bond donors (Lipinski definition) is 1. The number of ether oxygens (including phenoxy) is 1. The van der Waals surface area contributed by atoms with Gasteiger partial charge in [0.15, 0.2) is 0 Å². The predicted molar refractivity (Wildman–Crippen MR) is 69.1 cm³/mol. The molecule has 1 aliphatic rings. The molecule has 0 spiro atoms. The first-order valence-electron chi connectivity index (χ1n) is 6.18. The van der Waals surface area contributed by atoms with E-state index in [2.05, 4.69) is 22.8 Å². The van der Waals surface area contributed by atoms with Gasteiger partial charge in [-0.05, 0) is 30.7 Å². The third kappa shape index (κ3) is 3.30. The van der Waals surface area contributed by atoms with Crippen LogP contribution in [-0.4, -0.2) is 25.8 Å². The van der Waals surface area contributed by atoms with E-state index < -0.39 is 0 Å². The van der Waals surface area contributed by atoms with Crippen molar-refractivity contribution in [3.05, 3.63) is 22.4 Å². The zero-order valence-corrected chi connectivity index (χ0v) is 10.8. The molecule has 2 nitrogen and oxygen atoms in total. The Hall–Kier alpha value is -0.380. The van der Waals surface area contributed by atoms with Crippen LogP contribution in [0, 0.1) is 0 Å². The van der Waals surface area contributed by atoms with Crippen molar-refractivity contribution in [3.63, 3.8) is 0 Å². The molecule has 0 amide bonds. The molecule has 0 bridgehead atoms. The van der Waals surface area contributed by atoms with Crippen molar-refractivity contribution in [1.29, 1.82) is 0 Å². The minimum absolute atomic E-state index is 0.428. The molecule has 2 atom stereocenters. The van der Waals surface area contributed by atoms with Crippen LogP contribution in [0.15, 0.2) is 17.5 Å². The van der Waals surface area contributed by atoms with Gasteiger partial charge < -0.3 is 10.1 Å². The summed E-state index contributed by atoms with van der Waals surface area (Å²) in [5.74, 6) is 0. The molecule has 1 N–H and O–H groups in total. The van der Waals surface area contributed by atoms with Crippen molar-refractivity contribution in [2.75, 3.05) is 13.7 Å². The summed E-state index contributed by atoms with van der Waals surface area (Å²) in [6.07, 6.45) is 6.72. The van der Waals surface area contributed by atoms with Crippen LogP contribution in [0.1, 0.15) is 30.6 Å². The Labute approximate surface area is 102 Å². The lowest BCUT2D eigenvalue weighted by Gasteiger charge is -2.31. The van der Waals surface area contributed by atoms with Crippen LogP contribution in [-0.2, 0) is 11.2 Å². The van der Waals surface area contributed by atoms with Gasteiger partial charge in [-0.15, -0.1) is 11.3 Å². The second-order valence-electron chi connectivity index (χ2n) is 4.45. The van der Waals surface area contributed by atoms with Crippen LogP contribution in [0.5, 0.6) is 0 Å². The summed E-state index contributed by atoms with van der Waals surface area (Å²) in [5.41, 5.74) is 0. The second kappa shape index (κ2) is 6.38. The quantitative estimate of drug-likeness (QED) is 0.853. The molecule has 1 heterocycles. The fourth-order valence-corrected chi connectivity index (χ4v) is 3.16. The molecular formula is C13H21NOS. The lowest BCUT2D eigenvalue weighted by Crippen LogP contribution is -2.43. The molecule has 1 aromatic rings. The van der Waals surface area contributed by atoms with E-state index in [0.29, 0.717) is 12.1 Å². The highest BCUT2D eigenvalue weighted by atomic mass is 32.1. The Morgan fingerprint density at radius 1 is 1.44 bits per heavy atom. The van der Waals surface area contributed by atoms with E-state index in [1.54, 1.807) is 0 Å². The van der Waals surface area contributed by atoms with E-state index in [4.69, 9.17) is 4.74 Å². The number of hydrogen-bond acceptors (Lipinski definition) is 3. The summed E-state index contributed by atoms with van der Waals surface area (Å²) < 4.78 is 5.53. The standard InChI is InChI=1S/C13H21NOS/c1-15-13-7-3-2-6-12(13)14-9-8-11-5-4-10-16-11/h4-5,10,12-14H,2-3,6-9H2,1H3. The van der Waals surface area contributed by atoms with Gasteiger partial charge >= 0.3 is 0 Å². The van der Waals surface area contributed by atoms with Crippen LogP contribution in [0.3, 0.4) is 0 Å². The largest absolute Gasteiger partial charge is 0.380 e. The predicted octanol–water partition coefficient (Wildman–Crippen LogP) is 2.84. The molecule has 1 aliphatic carbocycles. The molecule has 1 aromatic heterocycles. The maximum absolute atomic E-state index is 5.53. The van der Waals surface area contributed by atoms with Crippen LogP contribution < -0.4 is 5.32 Å². The number of nitrogens with one attached hydrogen (secondary N) is 1. The molecule has 2 unspecified atom stereocenters. The summed E-state index contributed by atoms with van der Waals surface area (Å²) in [6.45, 7) is 1.07. The van der Waals surface area contributed by atoms with Crippen LogP contribution in [0.2, 0.25) is 0 Å². The van der Waals surface area contributed by atoms with Gasteiger partial charge in [0, 0.05) is 24.6 Å². The molecule has 0 saturated heterocycles. The average Bonchev–Trinajstić information content (AvgIpc) is 2.83. The lowest BCUT2D eigenvalue weighted by molar-refractivity contribution is 0.0421. The maximum Gasteiger partial charge on any atom is 0.0724 e. The van der Waals surface area contributed by atoms with Gasteiger partial charge in [0.2, 0.25) is 0 Å². The first kappa shape index (κ1) is 12.1. The van der Waals surface area contributed by atoms with Crippen LogP contribution in [0.25, 0.3) is 0 Å². The number of rotatable bonds is 5. The molecule has 1 saturated carbocycles. The van der Waals surface area contributed by atoms with Gasteiger partial charge in [-0.1, -0.05) is 18.9 Å². The Bertz CT molecular complexity index is 286. The van der Waals surface area contributed by atoms with E-state index in [1.165, 1.54) is 30.6 Å². The molecule has 16 heavy (non-hydrogen) atoms. The lowest BCUT2D eigenvalue weighted by atomic mass is 9.92. The zero-order valence-electron chi connectivity index (χ0n) is 9.95. The monoisotopic (exact) mass is 239 g/mol. The van der Waals surface area contributed by atoms with Crippen LogP contribution in [0.4, 0.5) is 0 Å². The molecule has 0 aliphatic heterocycles. The number of methoxy groups -OCH3 is 1. The summed E-state index contributed by atoms with van der Waals surface area (Å²) in [5, 5.41) is 5.79. The van der Waals surface area contributed by atoms with Crippen molar-refractivity contribution in [2.24, 2.45) is 0 Å². The summed E-state index contributed by atoms with van der Waals surface area (Å²) >= 11 is 1.84. The van der Waals surface area contributed by atoms with Crippen molar-refractivity contribution in [1.82, 2.24) is 5.32 Å². The van der Waals surface area contributed by atoms with E-state index in [0.717, 1.165) is 13.0 Å². The highest BCUT2D eigenvalue weighted by Crippen LogP contribution is 2.20. The van der Waals surface area contributed by atoms with Gasteiger partial charge in [-0.25, -0.2) is 0 Å². The summed E-state index contributed by atoms with van der Waals surface area (Å²) in [7, 11) is 1.84. The average molecular weight is 239 g/mol. The third-order valence-electron chi connectivity index (χ3n) is 3.36. The molecule has 0 radical (unpaired) electrons. The first-order valence-corrected chi connectivity index (χ1v) is 7.06. The van der Waals surface area contributed by atoms with Gasteiger partial charge in [0.25, 0.3) is 0 Å². The van der Waals surface area contributed by atoms with Crippen molar-refractivity contribution < 1.29 is 4.74 Å². The Morgan fingerprint density at radius 3 is 3.06 bits per heavy atom. The van der Waals surface area contributed by atoms with E-state index in [1.807, 2.05) is 18.4 Å². The maximum atomic E-state index is 5.53. The van der Waals surface area contributed by atoms with Crippen molar-refractivity contribution in [3.8, 4) is 0 Å². The molecule has 2 rings (SSSR count). The normalized spacial score (nSPS) is 25.8. The summed E-state index contributed by atoms with van der Waals surface area (Å²) in [4.78, 5) is 1.47. The summed E-state index contributed by atoms with van der Waals surface area (Å²) in [6, 6.07) is 4.90. The smallest absolute Gasteiger partial charge is 0.0724 e. The first-order chi connectivity index (χ1) is 7.90. The fourth-order valence-electron chi connectivity index (χ4n) is 2.45. The Morgan fingerprint density at radius 2 is 2.31 bits per heavy atom. The van der Waals surface area contributed by atoms with Crippen LogP contribution >= 0.6 is 11.3 Å². The Balaban J connectivity index is 1.71. The molecule has 1 fully saturated rings.